The van der Waals surface area contributed by atoms with Crippen LogP contribution in [0.25, 0.3) is 0 Å². The molecule has 0 aliphatic carbocycles. The molecule has 1 aliphatic rings. The van der Waals surface area contributed by atoms with Crippen molar-refractivity contribution in [2.45, 2.75) is 6.42 Å². The van der Waals surface area contributed by atoms with Crippen molar-refractivity contribution < 1.29 is 19.3 Å². The summed E-state index contributed by atoms with van der Waals surface area (Å²) in [6.07, 6.45) is -0.00731. The molecule has 8 heteroatoms. The van der Waals surface area contributed by atoms with E-state index in [4.69, 9.17) is 0 Å². The highest BCUT2D eigenvalue weighted by atomic mass is 16.6. The second kappa shape index (κ2) is 4.84. The maximum Gasteiger partial charge on any atom is 0.328 e. The standard InChI is InChI=1S/C11H9N3O5/c15-9-8(10(16)13-11(17)12-9)5-6-2-1-3-7(4-6)14(18)19/h1-4,8H,5H2,(H2,12,13,15,16,17). The van der Waals surface area contributed by atoms with Crippen molar-refractivity contribution in [1.82, 2.24) is 10.6 Å². The molecule has 1 saturated heterocycles. The van der Waals surface area contributed by atoms with E-state index in [1.807, 2.05) is 10.6 Å². The van der Waals surface area contributed by atoms with E-state index in [2.05, 4.69) is 0 Å². The monoisotopic (exact) mass is 263 g/mol. The fourth-order valence-electron chi connectivity index (χ4n) is 1.77. The molecule has 0 radical (unpaired) electrons. The molecule has 0 atom stereocenters. The fraction of sp³-hybridized carbons (Fsp3) is 0.182. The first-order valence-electron chi connectivity index (χ1n) is 5.36. The van der Waals surface area contributed by atoms with Gasteiger partial charge in [0.2, 0.25) is 11.8 Å². The Labute approximate surface area is 106 Å². The second-order valence-corrected chi connectivity index (χ2v) is 3.99. The molecule has 0 unspecified atom stereocenters. The van der Waals surface area contributed by atoms with E-state index in [0.717, 1.165) is 0 Å². The number of nitrogens with zero attached hydrogens (tertiary/aromatic N) is 1. The maximum absolute atomic E-state index is 11.5. The number of rotatable bonds is 3. The van der Waals surface area contributed by atoms with Crippen LogP contribution in [0.15, 0.2) is 24.3 Å². The molecule has 1 aromatic carbocycles. The van der Waals surface area contributed by atoms with Crippen LogP contribution in [0.2, 0.25) is 0 Å². The average molecular weight is 263 g/mol. The average Bonchev–Trinajstić information content (AvgIpc) is 2.34. The third-order valence-corrected chi connectivity index (χ3v) is 2.67. The van der Waals surface area contributed by atoms with Gasteiger partial charge in [0.05, 0.1) is 4.92 Å². The summed E-state index contributed by atoms with van der Waals surface area (Å²) in [5.41, 5.74) is 0.351. The van der Waals surface area contributed by atoms with Crippen LogP contribution in [0.1, 0.15) is 5.56 Å². The first-order chi connectivity index (χ1) is 8.97. The summed E-state index contributed by atoms with van der Waals surface area (Å²) in [4.78, 5) is 44.0. The Morgan fingerprint density at radius 1 is 1.16 bits per heavy atom. The van der Waals surface area contributed by atoms with E-state index < -0.39 is 28.7 Å². The third kappa shape index (κ3) is 2.73. The summed E-state index contributed by atoms with van der Waals surface area (Å²) in [5, 5.41) is 14.6. The molecule has 4 amide bonds. The molecule has 2 rings (SSSR count). The lowest BCUT2D eigenvalue weighted by Gasteiger charge is -2.20. The van der Waals surface area contributed by atoms with Gasteiger partial charge in [0.25, 0.3) is 5.69 Å². The smallest absolute Gasteiger partial charge is 0.277 e. The number of barbiturate groups is 1. The number of carbonyl (C=O) groups excluding carboxylic acids is 3. The molecule has 8 nitrogen and oxygen atoms in total. The number of carbonyl (C=O) groups is 3. The summed E-state index contributed by atoms with van der Waals surface area (Å²) in [6.45, 7) is 0. The molecule has 98 valence electrons. The highest BCUT2D eigenvalue weighted by Gasteiger charge is 2.34. The molecule has 1 fully saturated rings. The van der Waals surface area contributed by atoms with Crippen LogP contribution in [0.4, 0.5) is 10.5 Å². The summed E-state index contributed by atoms with van der Waals surface area (Å²) in [7, 11) is 0. The molecule has 0 aromatic heterocycles. The second-order valence-electron chi connectivity index (χ2n) is 3.99. The number of urea groups is 1. The Morgan fingerprint density at radius 3 is 2.37 bits per heavy atom. The zero-order chi connectivity index (χ0) is 14.0. The Hall–Kier alpha value is -2.77. The number of hydrogen-bond acceptors (Lipinski definition) is 5. The largest absolute Gasteiger partial charge is 0.328 e. The van der Waals surface area contributed by atoms with Gasteiger partial charge in [-0.1, -0.05) is 12.1 Å². The molecular weight excluding hydrogens is 254 g/mol. The van der Waals surface area contributed by atoms with E-state index in [1.165, 1.54) is 18.2 Å². The van der Waals surface area contributed by atoms with Gasteiger partial charge in [0.1, 0.15) is 5.92 Å². The summed E-state index contributed by atoms with van der Waals surface area (Å²) in [6, 6.07) is 4.79. The lowest BCUT2D eigenvalue weighted by atomic mass is 9.96. The number of benzene rings is 1. The van der Waals surface area contributed by atoms with E-state index in [0.29, 0.717) is 5.56 Å². The van der Waals surface area contributed by atoms with Gasteiger partial charge in [-0.15, -0.1) is 0 Å². The molecule has 1 heterocycles. The molecule has 2 N–H and O–H groups in total. The highest BCUT2D eigenvalue weighted by Crippen LogP contribution is 2.17. The van der Waals surface area contributed by atoms with Crippen molar-refractivity contribution in [3.63, 3.8) is 0 Å². The maximum atomic E-state index is 11.5. The first kappa shape index (κ1) is 12.7. The van der Waals surface area contributed by atoms with E-state index >= 15 is 0 Å². The summed E-state index contributed by atoms with van der Waals surface area (Å²) >= 11 is 0. The van der Waals surface area contributed by atoms with Gasteiger partial charge >= 0.3 is 6.03 Å². The van der Waals surface area contributed by atoms with Crippen molar-refractivity contribution in [1.29, 1.82) is 0 Å². The van der Waals surface area contributed by atoms with Gasteiger partial charge in [-0.05, 0) is 12.0 Å². The molecule has 1 aliphatic heterocycles. The van der Waals surface area contributed by atoms with Gasteiger partial charge in [0, 0.05) is 12.1 Å². The Bertz CT molecular complexity index is 563. The number of nitro groups is 1. The highest BCUT2D eigenvalue weighted by molar-refractivity contribution is 6.16. The summed E-state index contributed by atoms with van der Waals surface area (Å²) in [5.74, 6) is -2.49. The minimum absolute atomic E-state index is 0.00731. The lowest BCUT2D eigenvalue weighted by Crippen LogP contribution is -2.56. The van der Waals surface area contributed by atoms with Crippen LogP contribution < -0.4 is 10.6 Å². The molecule has 0 bridgehead atoms. The number of nitro benzene ring substituents is 1. The number of hydrogen-bond donors (Lipinski definition) is 2. The van der Waals surface area contributed by atoms with Crippen LogP contribution >= 0.6 is 0 Å². The van der Waals surface area contributed by atoms with Crippen LogP contribution in [0.3, 0.4) is 0 Å². The van der Waals surface area contributed by atoms with Crippen LogP contribution in [0, 0.1) is 16.0 Å². The minimum atomic E-state index is -1.07. The van der Waals surface area contributed by atoms with E-state index in [1.54, 1.807) is 6.07 Å². The third-order valence-electron chi connectivity index (χ3n) is 2.67. The van der Waals surface area contributed by atoms with Gasteiger partial charge in [0.15, 0.2) is 0 Å². The molecular formula is C11H9N3O5. The fourth-order valence-corrected chi connectivity index (χ4v) is 1.77. The first-order valence-corrected chi connectivity index (χ1v) is 5.36. The lowest BCUT2D eigenvalue weighted by molar-refractivity contribution is -0.384. The SMILES string of the molecule is O=C1NC(=O)C(Cc2cccc([N+](=O)[O-])c2)C(=O)N1. The molecule has 19 heavy (non-hydrogen) atoms. The molecule has 1 aromatic rings. The zero-order valence-corrected chi connectivity index (χ0v) is 9.58. The topological polar surface area (TPSA) is 118 Å². The van der Waals surface area contributed by atoms with Crippen molar-refractivity contribution in [2.75, 3.05) is 0 Å². The van der Waals surface area contributed by atoms with Gasteiger partial charge in [-0.3, -0.25) is 30.3 Å². The minimum Gasteiger partial charge on any atom is -0.277 e. The molecule has 0 spiro atoms. The molecule has 0 saturated carbocycles. The Morgan fingerprint density at radius 2 is 1.79 bits per heavy atom. The van der Waals surface area contributed by atoms with Crippen LogP contribution in [-0.4, -0.2) is 22.8 Å². The predicted molar refractivity (Wildman–Crippen MR) is 62.0 cm³/mol. The summed E-state index contributed by atoms with van der Waals surface area (Å²) < 4.78 is 0. The van der Waals surface area contributed by atoms with Crippen molar-refractivity contribution >= 4 is 23.5 Å². The van der Waals surface area contributed by atoms with Crippen LogP contribution in [-0.2, 0) is 16.0 Å². The number of imide groups is 2. The zero-order valence-electron chi connectivity index (χ0n) is 9.58. The Kier molecular flexibility index (Phi) is 3.23. The number of non-ortho nitro benzene ring substituents is 1. The van der Waals surface area contributed by atoms with Gasteiger partial charge < -0.3 is 0 Å². The number of nitrogens with one attached hydrogen (secondary N) is 2. The van der Waals surface area contributed by atoms with Crippen molar-refractivity contribution in [3.8, 4) is 0 Å². The van der Waals surface area contributed by atoms with Crippen molar-refractivity contribution in [3.05, 3.63) is 39.9 Å². The van der Waals surface area contributed by atoms with Crippen molar-refractivity contribution in [2.24, 2.45) is 5.92 Å². The van der Waals surface area contributed by atoms with Gasteiger partial charge in [-0.25, -0.2) is 4.79 Å². The Balaban J connectivity index is 2.18. The van der Waals surface area contributed by atoms with E-state index in [9.17, 15) is 24.5 Å². The predicted octanol–water partition coefficient (Wildman–Crippen LogP) is 0.119. The van der Waals surface area contributed by atoms with Crippen LogP contribution in [0.5, 0.6) is 0 Å². The van der Waals surface area contributed by atoms with E-state index in [-0.39, 0.29) is 12.1 Å². The normalized spacial score (nSPS) is 15.9. The number of amides is 4. The van der Waals surface area contributed by atoms with Gasteiger partial charge in [-0.2, -0.15) is 0 Å². The quantitative estimate of drug-likeness (QED) is 0.456.